The van der Waals surface area contributed by atoms with E-state index in [1.807, 2.05) is 36.4 Å². The van der Waals surface area contributed by atoms with Gasteiger partial charge in [0.15, 0.2) is 0 Å². The number of hydrogen-bond donors (Lipinski definition) is 2. The first kappa shape index (κ1) is 34.0. The third-order valence-electron chi connectivity index (χ3n) is 12.4. The van der Waals surface area contributed by atoms with Crippen molar-refractivity contribution in [3.05, 3.63) is 205 Å². The molecule has 6 nitrogen and oxygen atoms in total. The van der Waals surface area contributed by atoms with Crippen molar-refractivity contribution in [1.29, 1.82) is 0 Å². The second kappa shape index (κ2) is 13.3. The summed E-state index contributed by atoms with van der Waals surface area (Å²) in [7, 11) is 0. The highest BCUT2D eigenvalue weighted by molar-refractivity contribution is 6.20. The molecule has 0 spiro atoms. The Morgan fingerprint density at radius 2 is 0.984 bits per heavy atom. The lowest BCUT2D eigenvalue weighted by molar-refractivity contribution is 0.408. The van der Waals surface area contributed by atoms with E-state index >= 15 is 0 Å². The summed E-state index contributed by atoms with van der Waals surface area (Å²) in [6.07, 6.45) is -0.585. The summed E-state index contributed by atoms with van der Waals surface area (Å²) in [4.78, 5) is 5.44. The molecule has 0 fully saturated rings. The molecule has 3 aromatic heterocycles. The molecule has 0 saturated carbocycles. The Hall–Kier alpha value is -7.93. The standard InChI is InChI=1S/C55H35N3O3/c1-2-13-32(14-3-1)53-56-54(58-55(57-53)43-22-10-21-40-38-17-6-8-23-45(38)61-52(40)43)41-29-28-37(35-15-4-5-16-36(35)41)39-20-12-26-49-51(39)44-31-33(27-30-47(44)60-49)34-19-11-25-48-50(34)42-18-7-9-24-46(42)59-48/h1-31,53,55,57H,(H,56,58). The minimum Gasteiger partial charge on any atom is -0.456 e. The number of amidine groups is 1. The van der Waals surface area contributed by atoms with E-state index in [-0.39, 0.29) is 12.3 Å². The van der Waals surface area contributed by atoms with Crippen molar-refractivity contribution in [2.75, 3.05) is 0 Å². The van der Waals surface area contributed by atoms with Crippen LogP contribution in [0.2, 0.25) is 0 Å². The van der Waals surface area contributed by atoms with E-state index in [4.69, 9.17) is 18.2 Å². The van der Waals surface area contributed by atoms with E-state index in [1.54, 1.807) is 0 Å². The van der Waals surface area contributed by atoms with Crippen LogP contribution >= 0.6 is 0 Å². The van der Waals surface area contributed by atoms with Gasteiger partial charge in [-0.1, -0.05) is 152 Å². The average molecular weight is 786 g/mol. The maximum Gasteiger partial charge on any atom is 0.142 e. The maximum absolute atomic E-state index is 6.57. The monoisotopic (exact) mass is 785 g/mol. The molecule has 288 valence electrons. The molecule has 1 aliphatic rings. The third kappa shape index (κ3) is 5.29. The van der Waals surface area contributed by atoms with Crippen molar-refractivity contribution >= 4 is 82.4 Å². The van der Waals surface area contributed by atoms with Gasteiger partial charge in [-0.2, -0.15) is 0 Å². The van der Waals surface area contributed by atoms with Crippen LogP contribution < -0.4 is 10.6 Å². The number of rotatable bonds is 5. The average Bonchev–Trinajstić information content (AvgIpc) is 4.02. The molecule has 2 N–H and O–H groups in total. The largest absolute Gasteiger partial charge is 0.456 e. The van der Waals surface area contributed by atoms with Crippen molar-refractivity contribution in [2.45, 2.75) is 12.3 Å². The lowest BCUT2D eigenvalue weighted by atomic mass is 9.91. The summed E-state index contributed by atoms with van der Waals surface area (Å²) >= 11 is 0. The Morgan fingerprint density at radius 3 is 1.79 bits per heavy atom. The highest BCUT2D eigenvalue weighted by Crippen LogP contribution is 2.44. The van der Waals surface area contributed by atoms with Gasteiger partial charge in [0, 0.05) is 43.4 Å². The third-order valence-corrected chi connectivity index (χ3v) is 12.4. The Bertz CT molecular complexity index is 3740. The van der Waals surface area contributed by atoms with Crippen molar-refractivity contribution < 1.29 is 13.3 Å². The number of para-hydroxylation sites is 3. The van der Waals surface area contributed by atoms with Crippen molar-refractivity contribution in [1.82, 2.24) is 10.6 Å². The van der Waals surface area contributed by atoms with E-state index in [1.165, 1.54) is 0 Å². The van der Waals surface area contributed by atoms with Crippen LogP contribution in [0.4, 0.5) is 0 Å². The van der Waals surface area contributed by atoms with Crippen molar-refractivity contribution in [3.63, 3.8) is 0 Å². The Kier molecular flexibility index (Phi) is 7.41. The lowest BCUT2D eigenvalue weighted by Crippen LogP contribution is -2.45. The topological polar surface area (TPSA) is 75.8 Å². The number of benzene rings is 9. The smallest absolute Gasteiger partial charge is 0.142 e. The quantitative estimate of drug-likeness (QED) is 0.182. The number of nitrogens with zero attached hydrogens (tertiary/aromatic N) is 1. The molecular weight excluding hydrogens is 751 g/mol. The summed E-state index contributed by atoms with van der Waals surface area (Å²) in [5.41, 5.74) is 12.8. The molecule has 0 bridgehead atoms. The minimum atomic E-state index is -0.379. The molecule has 1 aliphatic heterocycles. The van der Waals surface area contributed by atoms with Crippen LogP contribution in [0.25, 0.3) is 98.8 Å². The van der Waals surface area contributed by atoms with Gasteiger partial charge in [0.1, 0.15) is 51.7 Å². The Morgan fingerprint density at radius 1 is 0.393 bits per heavy atom. The molecule has 6 heteroatoms. The first-order valence-electron chi connectivity index (χ1n) is 20.7. The molecule has 9 aromatic carbocycles. The number of nitrogens with one attached hydrogen (secondary N) is 2. The van der Waals surface area contributed by atoms with Gasteiger partial charge in [-0.05, 0) is 75.0 Å². The van der Waals surface area contributed by atoms with Gasteiger partial charge in [0.25, 0.3) is 0 Å². The van der Waals surface area contributed by atoms with Crippen LogP contribution in [0.15, 0.2) is 206 Å². The van der Waals surface area contributed by atoms with Gasteiger partial charge in [-0.3, -0.25) is 5.32 Å². The first-order valence-corrected chi connectivity index (χ1v) is 20.7. The van der Waals surface area contributed by atoms with E-state index in [9.17, 15) is 0 Å². The molecule has 2 unspecified atom stereocenters. The van der Waals surface area contributed by atoms with Gasteiger partial charge in [0.2, 0.25) is 0 Å². The number of hydrogen-bond acceptors (Lipinski definition) is 6. The van der Waals surface area contributed by atoms with Gasteiger partial charge in [0.05, 0.1) is 0 Å². The zero-order valence-corrected chi connectivity index (χ0v) is 32.7. The second-order valence-corrected chi connectivity index (χ2v) is 15.8. The summed E-state index contributed by atoms with van der Waals surface area (Å²) in [5, 5.41) is 16.4. The number of fused-ring (bicyclic) bond motifs is 10. The summed E-state index contributed by atoms with van der Waals surface area (Å²) < 4.78 is 19.4. The highest BCUT2D eigenvalue weighted by Gasteiger charge is 2.29. The van der Waals surface area contributed by atoms with E-state index < -0.39 is 0 Å². The zero-order chi connectivity index (χ0) is 40.0. The van der Waals surface area contributed by atoms with E-state index in [0.29, 0.717) is 0 Å². The van der Waals surface area contributed by atoms with E-state index in [0.717, 1.165) is 121 Å². The molecule has 13 rings (SSSR count). The Balaban J connectivity index is 0.975. The van der Waals surface area contributed by atoms with Crippen LogP contribution in [0.1, 0.15) is 29.0 Å². The number of aliphatic imine (C=N–C) groups is 1. The van der Waals surface area contributed by atoms with Gasteiger partial charge in [-0.25, -0.2) is 4.99 Å². The zero-order valence-electron chi connectivity index (χ0n) is 32.7. The van der Waals surface area contributed by atoms with E-state index in [2.05, 4.69) is 162 Å². The van der Waals surface area contributed by atoms with Crippen LogP contribution in [0.3, 0.4) is 0 Å². The maximum atomic E-state index is 6.57. The fourth-order valence-electron chi connectivity index (χ4n) is 9.63. The molecule has 0 saturated heterocycles. The molecule has 4 heterocycles. The minimum absolute atomic E-state index is 0.206. The van der Waals surface area contributed by atoms with Crippen molar-refractivity contribution in [3.8, 4) is 22.3 Å². The molecule has 2 atom stereocenters. The SMILES string of the molecule is c1ccc(C2NC(c3ccc(-c4cccc5oc6ccc(-c7cccc8oc9ccccc9c78)cc6c45)c4ccccc34)=NC(c3cccc4c3oc3ccccc34)N2)cc1. The fraction of sp³-hybridized carbons (Fsp3) is 0.0364. The molecule has 12 aromatic rings. The van der Waals surface area contributed by atoms with Crippen LogP contribution in [-0.2, 0) is 0 Å². The fourth-order valence-corrected chi connectivity index (χ4v) is 9.63. The van der Waals surface area contributed by atoms with Crippen LogP contribution in [0.5, 0.6) is 0 Å². The molecule has 61 heavy (non-hydrogen) atoms. The second-order valence-electron chi connectivity index (χ2n) is 15.8. The van der Waals surface area contributed by atoms with Gasteiger partial charge < -0.3 is 18.6 Å². The highest BCUT2D eigenvalue weighted by atomic mass is 16.3. The van der Waals surface area contributed by atoms with Crippen LogP contribution in [-0.4, -0.2) is 5.84 Å². The molecule has 0 radical (unpaired) electrons. The lowest BCUT2D eigenvalue weighted by Gasteiger charge is -2.32. The van der Waals surface area contributed by atoms with Gasteiger partial charge >= 0.3 is 0 Å². The molecule has 0 amide bonds. The Labute approximate surface area is 349 Å². The molecular formula is C55H35N3O3. The summed E-state index contributed by atoms with van der Waals surface area (Å²) in [6.45, 7) is 0. The van der Waals surface area contributed by atoms with Crippen molar-refractivity contribution in [2.24, 2.45) is 4.99 Å². The molecule has 0 aliphatic carbocycles. The predicted molar refractivity (Wildman–Crippen MR) is 248 cm³/mol. The van der Waals surface area contributed by atoms with Gasteiger partial charge in [-0.15, -0.1) is 0 Å². The summed E-state index contributed by atoms with van der Waals surface area (Å²) in [6, 6.07) is 65.6. The summed E-state index contributed by atoms with van der Waals surface area (Å²) in [5.74, 6) is 0.811. The number of furan rings is 3. The first-order chi connectivity index (χ1) is 30.2. The normalized spacial score (nSPS) is 15.7. The van der Waals surface area contributed by atoms with Crippen LogP contribution in [0, 0.1) is 0 Å². The predicted octanol–water partition coefficient (Wildman–Crippen LogP) is 14.2.